The highest BCUT2D eigenvalue weighted by Gasteiger charge is 2.32. The molecular formula is C30H26NO3+. The summed E-state index contributed by atoms with van der Waals surface area (Å²) in [5, 5.41) is 5.43. The van der Waals surface area contributed by atoms with Gasteiger partial charge < -0.3 is 13.6 Å². The summed E-state index contributed by atoms with van der Waals surface area (Å²) in [5.41, 5.74) is 7.55. The number of pyridine rings is 1. The SMILES string of the molecule is Cc1c2c(cc3ccoc13)Oc1cc3c4cc(CC(C)(C)C)ccc4oc3c3cc[n+](C)c-2c13. The van der Waals surface area contributed by atoms with Crippen molar-refractivity contribution >= 4 is 43.7 Å². The molecule has 0 saturated carbocycles. The Morgan fingerprint density at radius 2 is 1.74 bits per heavy atom. The highest BCUT2D eigenvalue weighted by atomic mass is 16.5. The predicted octanol–water partition coefficient (Wildman–Crippen LogP) is 7.98. The number of furan rings is 2. The van der Waals surface area contributed by atoms with Gasteiger partial charge in [0.1, 0.15) is 40.7 Å². The minimum absolute atomic E-state index is 0.221. The average Bonchev–Trinajstić information content (AvgIpc) is 3.39. The Hall–Kier alpha value is -3.79. The fraction of sp³-hybridized carbons (Fsp3) is 0.233. The zero-order valence-electron chi connectivity index (χ0n) is 20.1. The van der Waals surface area contributed by atoms with E-state index < -0.39 is 0 Å². The van der Waals surface area contributed by atoms with E-state index in [2.05, 4.69) is 81.9 Å². The van der Waals surface area contributed by atoms with Crippen LogP contribution in [0.25, 0.3) is 54.9 Å². The summed E-state index contributed by atoms with van der Waals surface area (Å²) in [4.78, 5) is 0. The Morgan fingerprint density at radius 3 is 2.56 bits per heavy atom. The molecule has 4 heterocycles. The van der Waals surface area contributed by atoms with Gasteiger partial charge in [0.2, 0.25) is 5.69 Å². The summed E-state index contributed by atoms with van der Waals surface area (Å²) in [6.07, 6.45) is 4.87. The molecule has 0 amide bonds. The molecule has 3 aromatic heterocycles. The van der Waals surface area contributed by atoms with Gasteiger partial charge in [0.05, 0.1) is 11.8 Å². The standard InChI is InChI=1S/C30H26NO3/c1-16-25-23(13-18-9-11-32-28(16)18)33-24-14-21-20-12-17(15-30(2,3)4)6-7-22(20)34-29(21)19-8-10-31(5)27(25)26(19)24/h6-14H,15H2,1-5H3/q+1. The fourth-order valence-electron chi connectivity index (χ4n) is 5.64. The lowest BCUT2D eigenvalue weighted by molar-refractivity contribution is -0.659. The van der Waals surface area contributed by atoms with Crippen molar-refractivity contribution in [2.45, 2.75) is 34.1 Å². The minimum Gasteiger partial charge on any atom is -0.464 e. The Bertz CT molecular complexity index is 1810. The lowest BCUT2D eigenvalue weighted by atomic mass is 9.87. The molecule has 0 radical (unpaired) electrons. The van der Waals surface area contributed by atoms with E-state index in [4.69, 9.17) is 13.6 Å². The van der Waals surface area contributed by atoms with Crippen LogP contribution in [0.5, 0.6) is 11.5 Å². The third-order valence-electron chi connectivity index (χ3n) is 7.02. The van der Waals surface area contributed by atoms with Gasteiger partial charge in [-0.3, -0.25) is 0 Å². The quantitative estimate of drug-likeness (QED) is 0.239. The summed E-state index contributed by atoms with van der Waals surface area (Å²) >= 11 is 0. The first-order chi connectivity index (χ1) is 16.3. The van der Waals surface area contributed by atoms with E-state index in [1.54, 1.807) is 6.26 Å². The molecule has 3 aromatic carbocycles. The molecule has 4 nitrogen and oxygen atoms in total. The first-order valence-electron chi connectivity index (χ1n) is 11.8. The molecule has 0 atom stereocenters. The number of nitrogens with zero attached hydrogens (tertiary/aromatic N) is 1. The minimum atomic E-state index is 0.221. The zero-order chi connectivity index (χ0) is 23.4. The second-order valence-electron chi connectivity index (χ2n) is 10.8. The van der Waals surface area contributed by atoms with Crippen LogP contribution in [0.15, 0.2) is 63.8 Å². The van der Waals surface area contributed by atoms with Crippen LogP contribution in [-0.4, -0.2) is 0 Å². The van der Waals surface area contributed by atoms with Crippen LogP contribution in [-0.2, 0) is 13.5 Å². The highest BCUT2D eigenvalue weighted by molar-refractivity contribution is 6.20. The molecule has 0 fully saturated rings. The molecular weight excluding hydrogens is 422 g/mol. The monoisotopic (exact) mass is 448 g/mol. The lowest BCUT2D eigenvalue weighted by Gasteiger charge is -2.21. The Kier molecular flexibility index (Phi) is 3.71. The van der Waals surface area contributed by atoms with Gasteiger partial charge in [-0.1, -0.05) is 26.8 Å². The summed E-state index contributed by atoms with van der Waals surface area (Å²) in [6.45, 7) is 8.92. The molecule has 0 aliphatic carbocycles. The number of rotatable bonds is 1. The Labute approximate surface area is 197 Å². The van der Waals surface area contributed by atoms with Crippen LogP contribution >= 0.6 is 0 Å². The zero-order valence-corrected chi connectivity index (χ0v) is 20.1. The molecule has 7 rings (SSSR count). The highest BCUT2D eigenvalue weighted by Crippen LogP contribution is 2.51. The van der Waals surface area contributed by atoms with Gasteiger partial charge in [0, 0.05) is 33.2 Å². The summed E-state index contributed by atoms with van der Waals surface area (Å²) in [5.74, 6) is 1.73. The molecule has 6 aromatic rings. The largest absolute Gasteiger partial charge is 0.464 e. The van der Waals surface area contributed by atoms with Crippen molar-refractivity contribution in [2.24, 2.45) is 12.5 Å². The third kappa shape index (κ3) is 2.62. The van der Waals surface area contributed by atoms with E-state index in [-0.39, 0.29) is 5.41 Å². The lowest BCUT2D eigenvalue weighted by Crippen LogP contribution is -2.31. The van der Waals surface area contributed by atoms with Crippen molar-refractivity contribution < 1.29 is 18.1 Å². The third-order valence-corrected chi connectivity index (χ3v) is 7.02. The van der Waals surface area contributed by atoms with Crippen LogP contribution in [0.4, 0.5) is 0 Å². The van der Waals surface area contributed by atoms with Crippen molar-refractivity contribution in [1.29, 1.82) is 0 Å². The second-order valence-corrected chi connectivity index (χ2v) is 10.8. The summed E-state index contributed by atoms with van der Waals surface area (Å²) in [7, 11) is 2.08. The maximum Gasteiger partial charge on any atom is 0.228 e. The van der Waals surface area contributed by atoms with Crippen LogP contribution in [0.3, 0.4) is 0 Å². The first-order valence-corrected chi connectivity index (χ1v) is 11.8. The molecule has 1 aliphatic rings. The first kappa shape index (κ1) is 19.7. The summed E-state index contributed by atoms with van der Waals surface area (Å²) < 4.78 is 21.0. The van der Waals surface area contributed by atoms with Gasteiger partial charge in [-0.05, 0) is 54.7 Å². The van der Waals surface area contributed by atoms with E-state index in [9.17, 15) is 0 Å². The maximum atomic E-state index is 6.60. The van der Waals surface area contributed by atoms with Gasteiger partial charge in [-0.15, -0.1) is 0 Å². The van der Waals surface area contributed by atoms with Gasteiger partial charge >= 0.3 is 0 Å². The normalized spacial score (nSPS) is 13.2. The maximum absolute atomic E-state index is 6.60. The van der Waals surface area contributed by atoms with Crippen LogP contribution < -0.4 is 9.30 Å². The molecule has 0 bridgehead atoms. The molecule has 0 unspecified atom stereocenters. The number of aromatic nitrogens is 1. The molecule has 0 spiro atoms. The van der Waals surface area contributed by atoms with Crippen LogP contribution in [0.2, 0.25) is 0 Å². The van der Waals surface area contributed by atoms with Gasteiger partial charge in [0.15, 0.2) is 6.20 Å². The number of ether oxygens (including phenoxy) is 1. The number of fused-ring (bicyclic) bond motifs is 7. The van der Waals surface area contributed by atoms with Crippen LogP contribution in [0, 0.1) is 12.3 Å². The average molecular weight is 449 g/mol. The van der Waals surface area contributed by atoms with E-state index in [1.807, 2.05) is 6.07 Å². The molecule has 34 heavy (non-hydrogen) atoms. The fourth-order valence-corrected chi connectivity index (χ4v) is 5.64. The molecule has 4 heteroatoms. The van der Waals surface area contributed by atoms with Crippen molar-refractivity contribution in [1.82, 2.24) is 0 Å². The molecule has 0 saturated heterocycles. The van der Waals surface area contributed by atoms with Crippen molar-refractivity contribution in [3.05, 3.63) is 66.1 Å². The van der Waals surface area contributed by atoms with E-state index in [0.29, 0.717) is 0 Å². The van der Waals surface area contributed by atoms with Gasteiger partial charge in [0.25, 0.3) is 0 Å². The topological polar surface area (TPSA) is 39.4 Å². The van der Waals surface area contributed by atoms with Crippen molar-refractivity contribution in [3.63, 3.8) is 0 Å². The predicted molar refractivity (Wildman–Crippen MR) is 136 cm³/mol. The Balaban J connectivity index is 1.58. The summed E-state index contributed by atoms with van der Waals surface area (Å²) in [6, 6.07) is 15.0. The van der Waals surface area contributed by atoms with Crippen LogP contribution in [0.1, 0.15) is 31.9 Å². The number of aryl methyl sites for hydroxylation is 2. The van der Waals surface area contributed by atoms with Crippen molar-refractivity contribution in [3.8, 4) is 22.8 Å². The molecule has 1 aliphatic heterocycles. The number of hydrogen-bond donors (Lipinski definition) is 0. The molecule has 168 valence electrons. The number of benzene rings is 3. The van der Waals surface area contributed by atoms with Gasteiger partial charge in [-0.25, -0.2) is 4.57 Å². The smallest absolute Gasteiger partial charge is 0.228 e. The Morgan fingerprint density at radius 1 is 0.882 bits per heavy atom. The second kappa shape index (κ2) is 6.41. The van der Waals surface area contributed by atoms with E-state index in [1.165, 1.54) is 5.56 Å². The molecule has 0 N–H and O–H groups in total. The van der Waals surface area contributed by atoms with Crippen molar-refractivity contribution in [2.75, 3.05) is 0 Å². The van der Waals surface area contributed by atoms with Gasteiger partial charge in [-0.2, -0.15) is 0 Å². The van der Waals surface area contributed by atoms with E-state index >= 15 is 0 Å². The number of hydrogen-bond acceptors (Lipinski definition) is 3. The van der Waals surface area contributed by atoms with E-state index in [0.717, 1.165) is 78.4 Å².